The highest BCUT2D eigenvalue weighted by Gasteiger charge is 2.17. The maximum Gasteiger partial charge on any atom is 0.0180 e. The van der Waals surface area contributed by atoms with Crippen molar-refractivity contribution in [2.75, 3.05) is 31.6 Å². The molecule has 1 aliphatic heterocycles. The van der Waals surface area contributed by atoms with Crippen molar-refractivity contribution >= 4 is 11.8 Å². The van der Waals surface area contributed by atoms with Crippen LogP contribution in [0.2, 0.25) is 0 Å². The van der Waals surface area contributed by atoms with Crippen molar-refractivity contribution in [2.24, 2.45) is 5.73 Å². The summed E-state index contributed by atoms with van der Waals surface area (Å²) in [6.07, 6.45) is 4.67. The molecule has 0 aromatic heterocycles. The summed E-state index contributed by atoms with van der Waals surface area (Å²) in [4.78, 5) is 2.47. The molecule has 1 aliphatic rings. The second-order valence-electron chi connectivity index (χ2n) is 3.20. The topological polar surface area (TPSA) is 29.3 Å². The highest BCUT2D eigenvalue weighted by Crippen LogP contribution is 2.07. The van der Waals surface area contributed by atoms with Gasteiger partial charge in [-0.2, -0.15) is 11.8 Å². The monoisotopic (exact) mass is 174 g/mol. The van der Waals surface area contributed by atoms with E-state index in [9.17, 15) is 0 Å². The molecule has 1 heterocycles. The largest absolute Gasteiger partial charge is 0.326 e. The van der Waals surface area contributed by atoms with Crippen LogP contribution in [-0.2, 0) is 0 Å². The molecule has 0 saturated carbocycles. The molecule has 1 atom stereocenters. The molecule has 0 radical (unpaired) electrons. The highest BCUT2D eigenvalue weighted by molar-refractivity contribution is 7.98. The van der Waals surface area contributed by atoms with Crippen LogP contribution in [0.4, 0.5) is 0 Å². The first kappa shape index (κ1) is 9.36. The van der Waals surface area contributed by atoms with Crippen LogP contribution in [0.25, 0.3) is 0 Å². The molecule has 0 unspecified atom stereocenters. The summed E-state index contributed by atoms with van der Waals surface area (Å²) in [5.74, 6) is 1.28. The molecule has 0 aliphatic carbocycles. The fourth-order valence-electron chi connectivity index (χ4n) is 1.50. The van der Waals surface area contributed by atoms with E-state index in [-0.39, 0.29) is 0 Å². The Balaban J connectivity index is 1.99. The lowest BCUT2D eigenvalue weighted by atomic mass is 10.3. The molecule has 0 aromatic rings. The number of thioether (sulfide) groups is 1. The lowest BCUT2D eigenvalue weighted by Gasteiger charge is -2.13. The van der Waals surface area contributed by atoms with Crippen molar-refractivity contribution in [1.29, 1.82) is 0 Å². The van der Waals surface area contributed by atoms with Crippen LogP contribution in [-0.4, -0.2) is 42.6 Å². The minimum absolute atomic E-state index is 0.448. The number of hydrogen-bond donors (Lipinski definition) is 1. The average molecular weight is 174 g/mol. The molecule has 0 spiro atoms. The molecular weight excluding hydrogens is 156 g/mol. The zero-order valence-electron chi connectivity index (χ0n) is 7.25. The molecule has 0 aromatic carbocycles. The van der Waals surface area contributed by atoms with Gasteiger partial charge in [0.15, 0.2) is 0 Å². The van der Waals surface area contributed by atoms with Gasteiger partial charge in [-0.25, -0.2) is 0 Å². The molecular formula is C8H18N2S. The van der Waals surface area contributed by atoms with Crippen LogP contribution in [0.5, 0.6) is 0 Å². The Hall–Kier alpha value is 0.270. The van der Waals surface area contributed by atoms with Gasteiger partial charge in [-0.05, 0) is 37.9 Å². The van der Waals surface area contributed by atoms with Crippen LogP contribution >= 0.6 is 11.8 Å². The lowest BCUT2D eigenvalue weighted by molar-refractivity contribution is 0.336. The van der Waals surface area contributed by atoms with E-state index in [1.54, 1.807) is 0 Å². The lowest BCUT2D eigenvalue weighted by Crippen LogP contribution is -2.27. The van der Waals surface area contributed by atoms with Crippen LogP contribution < -0.4 is 5.73 Å². The predicted octanol–water partition coefficient (Wildman–Crippen LogP) is 0.773. The summed E-state index contributed by atoms with van der Waals surface area (Å²) in [6, 6.07) is 0.448. The van der Waals surface area contributed by atoms with Gasteiger partial charge in [-0.15, -0.1) is 0 Å². The molecule has 0 amide bonds. The first-order chi connectivity index (χ1) is 5.33. The SMILES string of the molecule is CSCCCN1CC[C@H](N)C1. The standard InChI is InChI=1S/C8H18N2S/c1-11-6-2-4-10-5-3-8(9)7-10/h8H,2-7,9H2,1H3/t8-/m0/s1. The van der Waals surface area contributed by atoms with Crippen molar-refractivity contribution in [3.05, 3.63) is 0 Å². The Bertz CT molecular complexity index is 108. The van der Waals surface area contributed by atoms with Gasteiger partial charge in [0, 0.05) is 12.6 Å². The molecule has 0 bridgehead atoms. The molecule has 66 valence electrons. The zero-order valence-corrected chi connectivity index (χ0v) is 8.07. The summed E-state index contributed by atoms with van der Waals surface area (Å²) < 4.78 is 0. The van der Waals surface area contributed by atoms with Gasteiger partial charge in [0.25, 0.3) is 0 Å². The predicted molar refractivity (Wildman–Crippen MR) is 52.0 cm³/mol. The van der Waals surface area contributed by atoms with Crippen molar-refractivity contribution in [2.45, 2.75) is 18.9 Å². The molecule has 1 fully saturated rings. The Morgan fingerprint density at radius 1 is 1.64 bits per heavy atom. The molecule has 1 saturated heterocycles. The summed E-state index contributed by atoms with van der Waals surface area (Å²) >= 11 is 1.93. The number of rotatable bonds is 4. The molecule has 1 rings (SSSR count). The van der Waals surface area contributed by atoms with Crippen molar-refractivity contribution in [3.63, 3.8) is 0 Å². The van der Waals surface area contributed by atoms with E-state index >= 15 is 0 Å². The van der Waals surface area contributed by atoms with Gasteiger partial charge < -0.3 is 10.6 Å². The first-order valence-electron chi connectivity index (χ1n) is 4.30. The second kappa shape index (κ2) is 5.01. The smallest absolute Gasteiger partial charge is 0.0180 e. The number of nitrogens with two attached hydrogens (primary N) is 1. The van der Waals surface area contributed by atoms with Gasteiger partial charge in [0.1, 0.15) is 0 Å². The van der Waals surface area contributed by atoms with E-state index in [0.717, 1.165) is 6.54 Å². The Morgan fingerprint density at radius 2 is 2.45 bits per heavy atom. The molecule has 2 N–H and O–H groups in total. The van der Waals surface area contributed by atoms with Gasteiger partial charge in [0.2, 0.25) is 0 Å². The summed E-state index contributed by atoms with van der Waals surface area (Å²) in [7, 11) is 0. The first-order valence-corrected chi connectivity index (χ1v) is 5.69. The maximum absolute atomic E-state index is 5.78. The Kier molecular flexibility index (Phi) is 4.26. The third-order valence-corrected chi connectivity index (χ3v) is 2.83. The van der Waals surface area contributed by atoms with E-state index in [2.05, 4.69) is 11.2 Å². The summed E-state index contributed by atoms with van der Waals surface area (Å²) in [5.41, 5.74) is 5.78. The fourth-order valence-corrected chi connectivity index (χ4v) is 1.92. The Labute approximate surface area is 73.5 Å². The number of nitrogens with zero attached hydrogens (tertiary/aromatic N) is 1. The van der Waals surface area contributed by atoms with Gasteiger partial charge in [0.05, 0.1) is 0 Å². The van der Waals surface area contributed by atoms with Crippen molar-refractivity contribution < 1.29 is 0 Å². The van der Waals surface area contributed by atoms with Crippen LogP contribution in [0.3, 0.4) is 0 Å². The summed E-state index contributed by atoms with van der Waals surface area (Å²) in [5, 5.41) is 0. The maximum atomic E-state index is 5.78. The van der Waals surface area contributed by atoms with E-state index in [1.807, 2.05) is 11.8 Å². The van der Waals surface area contributed by atoms with Gasteiger partial charge in [-0.3, -0.25) is 0 Å². The third kappa shape index (κ3) is 3.45. The van der Waals surface area contributed by atoms with Crippen LogP contribution in [0, 0.1) is 0 Å². The summed E-state index contributed by atoms with van der Waals surface area (Å²) in [6.45, 7) is 3.58. The van der Waals surface area contributed by atoms with Crippen molar-refractivity contribution in [3.8, 4) is 0 Å². The van der Waals surface area contributed by atoms with E-state index in [0.29, 0.717) is 6.04 Å². The van der Waals surface area contributed by atoms with Crippen molar-refractivity contribution in [1.82, 2.24) is 4.90 Å². The number of hydrogen-bond acceptors (Lipinski definition) is 3. The minimum Gasteiger partial charge on any atom is -0.326 e. The van der Waals surface area contributed by atoms with E-state index < -0.39 is 0 Å². The van der Waals surface area contributed by atoms with E-state index in [4.69, 9.17) is 5.73 Å². The van der Waals surface area contributed by atoms with Crippen LogP contribution in [0.1, 0.15) is 12.8 Å². The molecule has 2 nitrogen and oxygen atoms in total. The minimum atomic E-state index is 0.448. The highest BCUT2D eigenvalue weighted by atomic mass is 32.2. The normalized spacial score (nSPS) is 26.2. The van der Waals surface area contributed by atoms with E-state index in [1.165, 1.54) is 31.7 Å². The van der Waals surface area contributed by atoms with Crippen LogP contribution in [0.15, 0.2) is 0 Å². The van der Waals surface area contributed by atoms with Gasteiger partial charge >= 0.3 is 0 Å². The average Bonchev–Trinajstić information content (AvgIpc) is 2.37. The zero-order chi connectivity index (χ0) is 8.10. The number of likely N-dealkylation sites (tertiary alicyclic amines) is 1. The van der Waals surface area contributed by atoms with Gasteiger partial charge in [-0.1, -0.05) is 0 Å². The Morgan fingerprint density at radius 3 is 3.00 bits per heavy atom. The second-order valence-corrected chi connectivity index (χ2v) is 4.18. The fraction of sp³-hybridized carbons (Fsp3) is 1.00. The molecule has 3 heteroatoms. The quantitative estimate of drug-likeness (QED) is 0.638. The molecule has 11 heavy (non-hydrogen) atoms. The third-order valence-electron chi connectivity index (χ3n) is 2.13.